The molecule has 2 aromatic carbocycles. The molecular formula is C19H19ClFNO5. The molecule has 0 aromatic heterocycles. The van der Waals surface area contributed by atoms with Crippen LogP contribution in [0.15, 0.2) is 42.5 Å². The van der Waals surface area contributed by atoms with Crippen LogP contribution in [0.25, 0.3) is 0 Å². The summed E-state index contributed by atoms with van der Waals surface area (Å²) in [6, 6.07) is 10.5. The molecule has 0 bridgehead atoms. The van der Waals surface area contributed by atoms with Gasteiger partial charge in [0, 0.05) is 0 Å². The van der Waals surface area contributed by atoms with Crippen LogP contribution in [0.3, 0.4) is 0 Å². The average molecular weight is 396 g/mol. The largest absolute Gasteiger partial charge is 0.497 e. The van der Waals surface area contributed by atoms with Crippen molar-refractivity contribution in [1.82, 2.24) is 0 Å². The molecule has 0 aliphatic carbocycles. The lowest BCUT2D eigenvalue weighted by atomic mass is 10.3. The topological polar surface area (TPSA) is 73.9 Å². The molecule has 0 spiro atoms. The summed E-state index contributed by atoms with van der Waals surface area (Å²) in [6.07, 6.45) is -1.07. The molecule has 0 radical (unpaired) electrons. The van der Waals surface area contributed by atoms with Crippen molar-refractivity contribution in [3.8, 4) is 11.5 Å². The number of anilines is 1. The Balaban J connectivity index is 1.75. The van der Waals surface area contributed by atoms with Crippen molar-refractivity contribution in [2.75, 3.05) is 19.0 Å². The van der Waals surface area contributed by atoms with E-state index in [1.54, 1.807) is 31.4 Å². The van der Waals surface area contributed by atoms with Gasteiger partial charge in [0.1, 0.15) is 17.3 Å². The fraction of sp³-hybridized carbons (Fsp3) is 0.263. The van der Waals surface area contributed by atoms with E-state index in [4.69, 9.17) is 25.8 Å². The number of methoxy groups -OCH3 is 1. The summed E-state index contributed by atoms with van der Waals surface area (Å²) >= 11 is 5.84. The number of ether oxygens (including phenoxy) is 3. The van der Waals surface area contributed by atoms with Gasteiger partial charge in [-0.15, -0.1) is 0 Å². The van der Waals surface area contributed by atoms with Crippen molar-refractivity contribution in [2.45, 2.75) is 19.4 Å². The zero-order chi connectivity index (χ0) is 19.8. The maximum Gasteiger partial charge on any atom is 0.310 e. The molecule has 0 heterocycles. The minimum Gasteiger partial charge on any atom is -0.497 e. The Morgan fingerprint density at radius 3 is 2.44 bits per heavy atom. The van der Waals surface area contributed by atoms with E-state index in [2.05, 4.69) is 5.32 Å². The summed E-state index contributed by atoms with van der Waals surface area (Å²) in [4.78, 5) is 23.9. The lowest BCUT2D eigenvalue weighted by Gasteiger charge is -2.14. The van der Waals surface area contributed by atoms with Crippen molar-refractivity contribution in [1.29, 1.82) is 0 Å². The molecule has 0 saturated carbocycles. The third-order valence-electron chi connectivity index (χ3n) is 3.50. The predicted molar refractivity (Wildman–Crippen MR) is 98.7 cm³/mol. The Hall–Kier alpha value is -2.80. The first kappa shape index (κ1) is 20.5. The number of esters is 1. The van der Waals surface area contributed by atoms with Gasteiger partial charge in [0.2, 0.25) is 0 Å². The van der Waals surface area contributed by atoms with E-state index in [1.165, 1.54) is 13.0 Å². The van der Waals surface area contributed by atoms with Crippen molar-refractivity contribution in [3.63, 3.8) is 0 Å². The average Bonchev–Trinajstić information content (AvgIpc) is 2.64. The summed E-state index contributed by atoms with van der Waals surface area (Å²) in [5.41, 5.74) is 0.230. The molecule has 144 valence electrons. The fourth-order valence-corrected chi connectivity index (χ4v) is 2.27. The number of carbonyl (C=O) groups excluding carboxylic acids is 2. The molecule has 0 aliphatic rings. The summed E-state index contributed by atoms with van der Waals surface area (Å²) in [6.45, 7) is 1.53. The van der Waals surface area contributed by atoms with E-state index >= 15 is 0 Å². The third-order valence-corrected chi connectivity index (χ3v) is 3.81. The highest BCUT2D eigenvalue weighted by Crippen LogP contribution is 2.22. The number of hydrogen-bond acceptors (Lipinski definition) is 5. The van der Waals surface area contributed by atoms with Gasteiger partial charge in [-0.3, -0.25) is 9.59 Å². The van der Waals surface area contributed by atoms with Crippen molar-refractivity contribution in [3.05, 3.63) is 53.3 Å². The number of benzene rings is 2. The zero-order valence-corrected chi connectivity index (χ0v) is 15.6. The van der Waals surface area contributed by atoms with Gasteiger partial charge in [-0.1, -0.05) is 11.6 Å². The van der Waals surface area contributed by atoms with Gasteiger partial charge in [0.05, 0.1) is 30.8 Å². The lowest BCUT2D eigenvalue weighted by Crippen LogP contribution is -2.30. The number of rotatable bonds is 8. The van der Waals surface area contributed by atoms with E-state index in [0.29, 0.717) is 11.5 Å². The van der Waals surface area contributed by atoms with Crippen LogP contribution >= 0.6 is 11.6 Å². The van der Waals surface area contributed by atoms with Crippen LogP contribution in [0.1, 0.15) is 13.3 Å². The fourth-order valence-electron chi connectivity index (χ4n) is 2.06. The molecule has 0 aliphatic heterocycles. The van der Waals surface area contributed by atoms with Gasteiger partial charge < -0.3 is 19.5 Å². The molecular weight excluding hydrogens is 377 g/mol. The molecule has 1 amide bonds. The third kappa shape index (κ3) is 6.45. The van der Waals surface area contributed by atoms with E-state index in [0.717, 1.165) is 12.1 Å². The monoisotopic (exact) mass is 395 g/mol. The second kappa shape index (κ2) is 9.78. The summed E-state index contributed by atoms with van der Waals surface area (Å²) in [5, 5.41) is 2.53. The van der Waals surface area contributed by atoms with E-state index in [1.807, 2.05) is 0 Å². The smallest absolute Gasteiger partial charge is 0.310 e. The summed E-state index contributed by atoms with van der Waals surface area (Å²) < 4.78 is 28.5. The van der Waals surface area contributed by atoms with Crippen molar-refractivity contribution in [2.24, 2.45) is 0 Å². The maximum atomic E-state index is 13.0. The number of hydrogen-bond donors (Lipinski definition) is 1. The van der Waals surface area contributed by atoms with Crippen molar-refractivity contribution >= 4 is 29.2 Å². The van der Waals surface area contributed by atoms with E-state index < -0.39 is 23.8 Å². The highest BCUT2D eigenvalue weighted by molar-refractivity contribution is 6.33. The number of amides is 1. The molecule has 0 fully saturated rings. The Bertz CT molecular complexity index is 797. The number of carbonyl (C=O) groups is 2. The van der Waals surface area contributed by atoms with Gasteiger partial charge >= 0.3 is 5.97 Å². The first-order valence-corrected chi connectivity index (χ1v) is 8.49. The standard InChI is InChI=1S/C19H19ClFNO5/c1-12(19(24)22-17-8-3-13(21)11-16(17)20)27-18(23)9-10-26-15-6-4-14(25-2)5-7-15/h3-8,11-12H,9-10H2,1-2H3,(H,22,24). The molecule has 0 saturated heterocycles. The van der Waals surface area contributed by atoms with Gasteiger partial charge in [-0.25, -0.2) is 4.39 Å². The quantitative estimate of drug-likeness (QED) is 0.688. The maximum absolute atomic E-state index is 13.0. The number of halogens is 2. The minimum absolute atomic E-state index is 0.0268. The minimum atomic E-state index is -1.04. The van der Waals surface area contributed by atoms with Gasteiger partial charge in [-0.2, -0.15) is 0 Å². The Morgan fingerprint density at radius 1 is 1.15 bits per heavy atom. The normalized spacial score (nSPS) is 11.4. The molecule has 1 atom stereocenters. The summed E-state index contributed by atoms with van der Waals surface area (Å²) in [7, 11) is 1.56. The van der Waals surface area contributed by atoms with Crippen LogP contribution in [0, 0.1) is 5.82 Å². The first-order valence-electron chi connectivity index (χ1n) is 8.11. The predicted octanol–water partition coefficient (Wildman–Crippen LogP) is 3.83. The molecule has 2 rings (SSSR count). The molecule has 2 aromatic rings. The SMILES string of the molecule is COc1ccc(OCCC(=O)OC(C)C(=O)Nc2ccc(F)cc2Cl)cc1. The Labute approximate surface area is 161 Å². The molecule has 1 N–H and O–H groups in total. The molecule has 27 heavy (non-hydrogen) atoms. The van der Waals surface area contributed by atoms with Gasteiger partial charge in [0.25, 0.3) is 5.91 Å². The van der Waals surface area contributed by atoms with Crippen LogP contribution in [0.5, 0.6) is 11.5 Å². The Morgan fingerprint density at radius 2 is 1.81 bits per heavy atom. The summed E-state index contributed by atoms with van der Waals surface area (Å²) in [5.74, 6) is -0.401. The highest BCUT2D eigenvalue weighted by Gasteiger charge is 2.19. The second-order valence-corrected chi connectivity index (χ2v) is 5.93. The van der Waals surface area contributed by atoms with E-state index in [-0.39, 0.29) is 23.7 Å². The molecule has 6 nitrogen and oxygen atoms in total. The van der Waals surface area contributed by atoms with Crippen molar-refractivity contribution < 1.29 is 28.2 Å². The first-order chi connectivity index (χ1) is 12.9. The lowest BCUT2D eigenvalue weighted by molar-refractivity contribution is -0.153. The van der Waals surface area contributed by atoms with Gasteiger partial charge in [-0.05, 0) is 49.4 Å². The van der Waals surface area contributed by atoms with Crippen LogP contribution in [-0.2, 0) is 14.3 Å². The van der Waals surface area contributed by atoms with Crippen LogP contribution in [0.2, 0.25) is 5.02 Å². The number of nitrogens with one attached hydrogen (secondary N) is 1. The highest BCUT2D eigenvalue weighted by atomic mass is 35.5. The van der Waals surface area contributed by atoms with Crippen LogP contribution in [0.4, 0.5) is 10.1 Å². The molecule has 8 heteroatoms. The van der Waals surface area contributed by atoms with E-state index in [9.17, 15) is 14.0 Å². The van der Waals surface area contributed by atoms with Crippen LogP contribution in [-0.4, -0.2) is 31.7 Å². The Kier molecular flexibility index (Phi) is 7.43. The second-order valence-electron chi connectivity index (χ2n) is 5.52. The van der Waals surface area contributed by atoms with Gasteiger partial charge in [0.15, 0.2) is 6.10 Å². The van der Waals surface area contributed by atoms with Crippen LogP contribution < -0.4 is 14.8 Å². The zero-order valence-electron chi connectivity index (χ0n) is 14.8. The molecule has 1 unspecified atom stereocenters.